The topological polar surface area (TPSA) is 69.7 Å². The molecule has 2 aromatic rings. The second-order valence-electron chi connectivity index (χ2n) is 7.31. The first-order valence-corrected chi connectivity index (χ1v) is 10.4. The van der Waals surface area contributed by atoms with Crippen LogP contribution in [-0.2, 0) is 16.0 Å². The van der Waals surface area contributed by atoms with Gasteiger partial charge >= 0.3 is 5.97 Å². The highest BCUT2D eigenvalue weighted by Gasteiger charge is 2.27. The largest absolute Gasteiger partial charge is 0.466 e. The van der Waals surface area contributed by atoms with Crippen LogP contribution in [0, 0.1) is 12.8 Å². The molecule has 6 heteroatoms. The third-order valence-electron chi connectivity index (χ3n) is 5.39. The predicted octanol–water partition coefficient (Wildman–Crippen LogP) is 3.26. The summed E-state index contributed by atoms with van der Waals surface area (Å²) in [6.45, 7) is 9.80. The number of fused-ring (bicyclic) bond motifs is 1. The number of aromatic amines is 1. The van der Waals surface area contributed by atoms with Crippen LogP contribution < -0.4 is 5.32 Å². The Morgan fingerprint density at radius 1 is 1.32 bits per heavy atom. The van der Waals surface area contributed by atoms with Gasteiger partial charge in [-0.15, -0.1) is 0 Å². The maximum atomic E-state index is 11.9. The highest BCUT2D eigenvalue weighted by molar-refractivity contribution is 5.86. The van der Waals surface area contributed by atoms with Crippen LogP contribution in [0.25, 0.3) is 10.9 Å². The molecule has 0 unspecified atom stereocenters. The molecule has 0 spiro atoms. The number of hydrogen-bond donors (Lipinski definition) is 2. The highest BCUT2D eigenvalue weighted by Crippen LogP contribution is 2.23. The van der Waals surface area contributed by atoms with Gasteiger partial charge in [0.25, 0.3) is 0 Å². The molecule has 6 nitrogen and oxygen atoms in total. The number of rotatable bonds is 6. The van der Waals surface area contributed by atoms with E-state index in [0.29, 0.717) is 6.61 Å². The van der Waals surface area contributed by atoms with Gasteiger partial charge in [-0.1, -0.05) is 12.1 Å². The quantitative estimate of drug-likeness (QED) is 0.456. The zero-order chi connectivity index (χ0) is 19.9. The summed E-state index contributed by atoms with van der Waals surface area (Å²) in [4.78, 5) is 22.4. The summed E-state index contributed by atoms with van der Waals surface area (Å²) in [5.41, 5.74) is 3.80. The van der Waals surface area contributed by atoms with Gasteiger partial charge in [0.15, 0.2) is 5.96 Å². The monoisotopic (exact) mass is 384 g/mol. The molecule has 152 valence electrons. The molecule has 0 amide bonds. The molecule has 28 heavy (non-hydrogen) atoms. The molecule has 1 aliphatic rings. The fourth-order valence-corrected chi connectivity index (χ4v) is 3.94. The minimum atomic E-state index is -0.0567. The van der Waals surface area contributed by atoms with Gasteiger partial charge in [-0.2, -0.15) is 0 Å². The zero-order valence-electron chi connectivity index (χ0n) is 17.3. The summed E-state index contributed by atoms with van der Waals surface area (Å²) in [6.07, 6.45) is 4.65. The van der Waals surface area contributed by atoms with Crippen molar-refractivity contribution in [3.05, 3.63) is 35.5 Å². The van der Waals surface area contributed by atoms with Crippen molar-refractivity contribution in [2.45, 2.75) is 40.0 Å². The smallest absolute Gasteiger partial charge is 0.309 e. The summed E-state index contributed by atoms with van der Waals surface area (Å²) >= 11 is 0. The minimum absolute atomic E-state index is 0.0215. The first kappa shape index (κ1) is 20.2. The second kappa shape index (κ2) is 9.62. The lowest BCUT2D eigenvalue weighted by molar-refractivity contribution is -0.149. The van der Waals surface area contributed by atoms with Crippen molar-refractivity contribution in [3.63, 3.8) is 0 Å². The summed E-state index contributed by atoms with van der Waals surface area (Å²) in [6, 6.07) is 6.35. The Kier molecular flexibility index (Phi) is 6.95. The van der Waals surface area contributed by atoms with E-state index in [2.05, 4.69) is 53.4 Å². The van der Waals surface area contributed by atoms with Gasteiger partial charge in [0.2, 0.25) is 0 Å². The third kappa shape index (κ3) is 4.66. The van der Waals surface area contributed by atoms with Crippen LogP contribution in [0.4, 0.5) is 0 Å². The average molecular weight is 385 g/mol. The van der Waals surface area contributed by atoms with E-state index in [1.54, 1.807) is 0 Å². The summed E-state index contributed by atoms with van der Waals surface area (Å²) in [7, 11) is 0. The number of aliphatic imine (C=N–C) groups is 1. The molecule has 0 radical (unpaired) electrons. The standard InChI is InChI=1S/C22H32N4O2/c1-4-23-22(26-13-10-17(11-14-26)21(27)28-5-2)24-12-9-18-15-25-19-8-6-7-16(3)20(18)19/h6-8,15,17,25H,4-5,9-14H2,1-3H3,(H,23,24). The molecular formula is C22H32N4O2. The maximum Gasteiger partial charge on any atom is 0.309 e. The fourth-order valence-electron chi connectivity index (χ4n) is 3.94. The molecule has 0 atom stereocenters. The number of nitrogens with zero attached hydrogens (tertiary/aromatic N) is 2. The van der Waals surface area contributed by atoms with Gasteiger partial charge in [0.1, 0.15) is 0 Å². The van der Waals surface area contributed by atoms with Crippen LogP contribution in [0.5, 0.6) is 0 Å². The number of carbonyl (C=O) groups excluding carboxylic acids is 1. The van der Waals surface area contributed by atoms with E-state index in [1.165, 1.54) is 22.0 Å². The van der Waals surface area contributed by atoms with Crippen LogP contribution >= 0.6 is 0 Å². The van der Waals surface area contributed by atoms with Gasteiger partial charge in [0.05, 0.1) is 12.5 Å². The van der Waals surface area contributed by atoms with Crippen molar-refractivity contribution in [2.75, 3.05) is 32.8 Å². The molecule has 2 heterocycles. The van der Waals surface area contributed by atoms with E-state index in [-0.39, 0.29) is 11.9 Å². The van der Waals surface area contributed by atoms with Crippen molar-refractivity contribution in [1.29, 1.82) is 0 Å². The van der Waals surface area contributed by atoms with Gasteiger partial charge < -0.3 is 19.9 Å². The van der Waals surface area contributed by atoms with Gasteiger partial charge in [-0.3, -0.25) is 9.79 Å². The summed E-state index contributed by atoms with van der Waals surface area (Å²) in [5.74, 6) is 0.911. The number of benzene rings is 1. The Hall–Kier alpha value is -2.50. The van der Waals surface area contributed by atoms with Gasteiger partial charge in [0, 0.05) is 43.3 Å². The predicted molar refractivity (Wildman–Crippen MR) is 114 cm³/mol. The van der Waals surface area contributed by atoms with Crippen molar-refractivity contribution < 1.29 is 9.53 Å². The van der Waals surface area contributed by atoms with E-state index in [4.69, 9.17) is 9.73 Å². The molecule has 0 saturated carbocycles. The Morgan fingerprint density at radius 2 is 2.11 bits per heavy atom. The molecule has 0 bridgehead atoms. The van der Waals surface area contributed by atoms with Crippen molar-refractivity contribution >= 4 is 22.8 Å². The number of piperidine rings is 1. The molecule has 1 aromatic heterocycles. The molecule has 2 N–H and O–H groups in total. The number of likely N-dealkylation sites (tertiary alicyclic amines) is 1. The summed E-state index contributed by atoms with van der Waals surface area (Å²) < 4.78 is 5.17. The first-order valence-electron chi connectivity index (χ1n) is 10.4. The van der Waals surface area contributed by atoms with E-state index in [9.17, 15) is 4.79 Å². The summed E-state index contributed by atoms with van der Waals surface area (Å²) in [5, 5.41) is 4.72. The number of H-pyrrole nitrogens is 1. The van der Waals surface area contributed by atoms with Crippen molar-refractivity contribution in [1.82, 2.24) is 15.2 Å². The molecular weight excluding hydrogens is 352 g/mol. The second-order valence-corrected chi connectivity index (χ2v) is 7.31. The number of ether oxygens (including phenoxy) is 1. The number of guanidine groups is 1. The number of carbonyl (C=O) groups is 1. The molecule has 1 fully saturated rings. The minimum Gasteiger partial charge on any atom is -0.466 e. The highest BCUT2D eigenvalue weighted by atomic mass is 16.5. The number of nitrogens with one attached hydrogen (secondary N) is 2. The zero-order valence-corrected chi connectivity index (χ0v) is 17.3. The number of esters is 1. The fraction of sp³-hybridized carbons (Fsp3) is 0.545. The third-order valence-corrected chi connectivity index (χ3v) is 5.39. The van der Waals surface area contributed by atoms with Crippen LogP contribution in [-0.4, -0.2) is 54.6 Å². The lowest BCUT2D eigenvalue weighted by atomic mass is 9.97. The first-order chi connectivity index (χ1) is 13.6. The molecule has 1 aromatic carbocycles. The van der Waals surface area contributed by atoms with Crippen LogP contribution in [0.3, 0.4) is 0 Å². The normalized spacial score (nSPS) is 15.8. The lowest BCUT2D eigenvalue weighted by Crippen LogP contribution is -2.46. The number of aromatic nitrogens is 1. The molecule has 1 aliphatic heterocycles. The SMILES string of the molecule is CCNC(=NCCc1c[nH]c2cccc(C)c12)N1CCC(C(=O)OCC)CC1. The Bertz CT molecular complexity index is 819. The average Bonchev–Trinajstić information content (AvgIpc) is 3.12. The van der Waals surface area contributed by atoms with E-state index in [1.807, 2.05) is 6.92 Å². The number of hydrogen-bond acceptors (Lipinski definition) is 3. The van der Waals surface area contributed by atoms with E-state index in [0.717, 1.165) is 51.4 Å². The van der Waals surface area contributed by atoms with E-state index < -0.39 is 0 Å². The molecule has 1 saturated heterocycles. The van der Waals surface area contributed by atoms with Crippen molar-refractivity contribution in [3.8, 4) is 0 Å². The van der Waals surface area contributed by atoms with Crippen LogP contribution in [0.1, 0.15) is 37.8 Å². The van der Waals surface area contributed by atoms with Gasteiger partial charge in [-0.25, -0.2) is 0 Å². The van der Waals surface area contributed by atoms with E-state index >= 15 is 0 Å². The van der Waals surface area contributed by atoms with Gasteiger partial charge in [-0.05, 0) is 57.2 Å². The molecule has 3 rings (SSSR count). The lowest BCUT2D eigenvalue weighted by Gasteiger charge is -2.33. The maximum absolute atomic E-state index is 11.9. The number of aryl methyl sites for hydroxylation is 1. The molecule has 0 aliphatic carbocycles. The Labute approximate surface area is 167 Å². The van der Waals surface area contributed by atoms with Crippen molar-refractivity contribution in [2.24, 2.45) is 10.9 Å². The van der Waals surface area contributed by atoms with Crippen LogP contribution in [0.15, 0.2) is 29.4 Å². The Balaban J connectivity index is 1.61. The van der Waals surface area contributed by atoms with Crippen LogP contribution in [0.2, 0.25) is 0 Å². The Morgan fingerprint density at radius 3 is 2.82 bits per heavy atom.